The molecule has 23 heavy (non-hydrogen) atoms. The smallest absolute Gasteiger partial charge is 0.0192 e. The van der Waals surface area contributed by atoms with Gasteiger partial charge in [0.15, 0.2) is 0 Å². The van der Waals surface area contributed by atoms with Crippen LogP contribution in [0.25, 0.3) is 5.57 Å². The van der Waals surface area contributed by atoms with E-state index in [4.69, 9.17) is 0 Å². The summed E-state index contributed by atoms with van der Waals surface area (Å²) in [4.78, 5) is 2.47. The van der Waals surface area contributed by atoms with E-state index in [0.29, 0.717) is 5.92 Å². The first-order chi connectivity index (χ1) is 10.6. The molecule has 120 valence electrons. The molecule has 0 N–H and O–H groups in total. The fourth-order valence-corrected chi connectivity index (χ4v) is 4.09. The summed E-state index contributed by atoms with van der Waals surface area (Å²) in [7, 11) is 2.25. The quantitative estimate of drug-likeness (QED) is 0.716. The zero-order valence-electron chi connectivity index (χ0n) is 14.1. The Hall–Kier alpha value is -1.57. The highest BCUT2D eigenvalue weighted by molar-refractivity contribution is 5.89. The molecule has 0 amide bonds. The highest BCUT2D eigenvalue weighted by atomic mass is 35.5. The molecule has 0 radical (unpaired) electrons. The second-order valence-electron chi connectivity index (χ2n) is 6.93. The van der Waals surface area contributed by atoms with Crippen molar-refractivity contribution >= 4 is 18.0 Å². The van der Waals surface area contributed by atoms with Gasteiger partial charge in [-0.25, -0.2) is 0 Å². The van der Waals surface area contributed by atoms with E-state index >= 15 is 0 Å². The molecule has 1 saturated heterocycles. The minimum absolute atomic E-state index is 0. The molecule has 1 atom stereocenters. The third-order valence-electron chi connectivity index (χ3n) is 5.16. The van der Waals surface area contributed by atoms with E-state index in [1.54, 1.807) is 5.57 Å². The number of likely N-dealkylation sites (tertiary alicyclic amines) is 1. The highest BCUT2D eigenvalue weighted by Crippen LogP contribution is 2.48. The zero-order chi connectivity index (χ0) is 15.3. The summed E-state index contributed by atoms with van der Waals surface area (Å²) in [5.74, 6) is 0.588. The van der Waals surface area contributed by atoms with Gasteiger partial charge < -0.3 is 4.90 Å². The Kier molecular flexibility index (Phi) is 4.35. The Morgan fingerprint density at radius 1 is 1.00 bits per heavy atom. The zero-order valence-corrected chi connectivity index (χ0v) is 14.9. The maximum absolute atomic E-state index is 2.47. The number of nitrogens with zero attached hydrogens (tertiary/aromatic N) is 1. The normalized spacial score (nSPS) is 20.0. The predicted octanol–water partition coefficient (Wildman–Crippen LogP) is 4.96. The number of hydrogen-bond donors (Lipinski definition) is 0. The van der Waals surface area contributed by atoms with E-state index in [0.717, 1.165) is 6.54 Å². The van der Waals surface area contributed by atoms with E-state index in [9.17, 15) is 0 Å². The van der Waals surface area contributed by atoms with Crippen molar-refractivity contribution in [1.82, 2.24) is 4.90 Å². The van der Waals surface area contributed by atoms with Crippen molar-refractivity contribution in [3.05, 3.63) is 75.9 Å². The average Bonchev–Trinajstić information content (AvgIpc) is 2.80. The average molecular weight is 326 g/mol. The van der Waals surface area contributed by atoms with Crippen molar-refractivity contribution in [3.8, 4) is 0 Å². The maximum atomic E-state index is 2.47. The second-order valence-corrected chi connectivity index (χ2v) is 6.93. The Labute approximate surface area is 145 Å². The van der Waals surface area contributed by atoms with Gasteiger partial charge in [-0.3, -0.25) is 0 Å². The summed E-state index contributed by atoms with van der Waals surface area (Å²) in [6.45, 7) is 6.72. The summed E-state index contributed by atoms with van der Waals surface area (Å²) in [6, 6.07) is 16.0. The van der Waals surface area contributed by atoms with Gasteiger partial charge in [0.1, 0.15) is 0 Å². The molecule has 1 aliphatic carbocycles. The van der Waals surface area contributed by atoms with E-state index in [1.165, 1.54) is 46.4 Å². The lowest BCUT2D eigenvalue weighted by Crippen LogP contribution is -2.31. The third-order valence-corrected chi connectivity index (χ3v) is 5.16. The van der Waals surface area contributed by atoms with Crippen LogP contribution in [-0.4, -0.2) is 25.0 Å². The van der Waals surface area contributed by atoms with E-state index in [1.807, 2.05) is 0 Å². The minimum Gasteiger partial charge on any atom is -0.305 e. The standard InChI is InChI=1S/C21H23N.ClH/c1-14-5-4-6-16(11-14)21-18-9-10-22(3)13-20(18)17-8-7-15(2)12-19(17)21;/h4-8,11-12,20H,9-10,13H2,1-3H3;1H. The molecular weight excluding hydrogens is 302 g/mol. The van der Waals surface area contributed by atoms with Gasteiger partial charge in [-0.05, 0) is 49.6 Å². The summed E-state index contributed by atoms with van der Waals surface area (Å²) in [5, 5.41) is 0. The van der Waals surface area contributed by atoms with Crippen LogP contribution in [-0.2, 0) is 0 Å². The van der Waals surface area contributed by atoms with Gasteiger partial charge in [-0.15, -0.1) is 12.4 Å². The molecule has 1 aliphatic heterocycles. The monoisotopic (exact) mass is 325 g/mol. The number of hydrogen-bond acceptors (Lipinski definition) is 1. The molecule has 0 saturated carbocycles. The lowest BCUT2D eigenvalue weighted by Gasteiger charge is -2.30. The van der Waals surface area contributed by atoms with Crippen molar-refractivity contribution in [1.29, 1.82) is 0 Å². The molecule has 1 fully saturated rings. The SMILES string of the molecule is Cc1cccc(C2=C3CCN(C)CC3c3ccc(C)cc32)c1.Cl. The van der Waals surface area contributed by atoms with Crippen LogP contribution in [0.2, 0.25) is 0 Å². The highest BCUT2D eigenvalue weighted by Gasteiger charge is 2.34. The van der Waals surface area contributed by atoms with Gasteiger partial charge >= 0.3 is 0 Å². The van der Waals surface area contributed by atoms with Crippen molar-refractivity contribution in [2.75, 3.05) is 20.1 Å². The third kappa shape index (κ3) is 2.73. The van der Waals surface area contributed by atoms with Crippen LogP contribution in [0.5, 0.6) is 0 Å². The van der Waals surface area contributed by atoms with Gasteiger partial charge in [0.2, 0.25) is 0 Å². The van der Waals surface area contributed by atoms with E-state index in [-0.39, 0.29) is 12.4 Å². The van der Waals surface area contributed by atoms with Crippen molar-refractivity contribution in [2.45, 2.75) is 26.2 Å². The Morgan fingerprint density at radius 3 is 2.57 bits per heavy atom. The van der Waals surface area contributed by atoms with Crippen molar-refractivity contribution in [3.63, 3.8) is 0 Å². The molecule has 4 rings (SSSR count). The lowest BCUT2D eigenvalue weighted by molar-refractivity contribution is 0.294. The van der Waals surface area contributed by atoms with Gasteiger partial charge in [-0.2, -0.15) is 0 Å². The molecule has 2 aromatic carbocycles. The van der Waals surface area contributed by atoms with Gasteiger partial charge in [0.25, 0.3) is 0 Å². The summed E-state index contributed by atoms with van der Waals surface area (Å²) in [6.07, 6.45) is 1.19. The Bertz CT molecular complexity index is 775. The Morgan fingerprint density at radius 2 is 1.78 bits per heavy atom. The molecule has 2 heteroatoms. The molecular formula is C21H24ClN. The second kappa shape index (κ2) is 6.14. The number of halogens is 1. The first-order valence-electron chi connectivity index (χ1n) is 8.23. The number of piperidine rings is 1. The van der Waals surface area contributed by atoms with E-state index in [2.05, 4.69) is 68.3 Å². The molecule has 1 unspecified atom stereocenters. The summed E-state index contributed by atoms with van der Waals surface area (Å²) >= 11 is 0. The number of aryl methyl sites for hydroxylation is 2. The van der Waals surface area contributed by atoms with Crippen LogP contribution >= 0.6 is 12.4 Å². The van der Waals surface area contributed by atoms with Crippen LogP contribution in [0.15, 0.2) is 48.0 Å². The largest absolute Gasteiger partial charge is 0.305 e. The van der Waals surface area contributed by atoms with Crippen LogP contribution in [0.4, 0.5) is 0 Å². The molecule has 2 aromatic rings. The summed E-state index contributed by atoms with van der Waals surface area (Å²) < 4.78 is 0. The fourth-order valence-electron chi connectivity index (χ4n) is 4.09. The first kappa shape index (κ1) is 16.3. The maximum Gasteiger partial charge on any atom is 0.0192 e. The fraction of sp³-hybridized carbons (Fsp3) is 0.333. The number of fused-ring (bicyclic) bond motifs is 3. The summed E-state index contributed by atoms with van der Waals surface area (Å²) in [5.41, 5.74) is 10.3. The predicted molar refractivity (Wildman–Crippen MR) is 100 cm³/mol. The lowest BCUT2D eigenvalue weighted by atomic mass is 9.89. The molecule has 0 aromatic heterocycles. The first-order valence-corrected chi connectivity index (χ1v) is 8.23. The number of likely N-dealkylation sites (N-methyl/N-ethyl adjacent to an activating group) is 1. The van der Waals surface area contributed by atoms with Gasteiger partial charge in [0, 0.05) is 19.0 Å². The molecule has 2 aliphatic rings. The van der Waals surface area contributed by atoms with Crippen LogP contribution in [0.3, 0.4) is 0 Å². The molecule has 0 bridgehead atoms. The van der Waals surface area contributed by atoms with Gasteiger partial charge in [-0.1, -0.05) is 59.2 Å². The van der Waals surface area contributed by atoms with Crippen molar-refractivity contribution < 1.29 is 0 Å². The van der Waals surface area contributed by atoms with Crippen molar-refractivity contribution in [2.24, 2.45) is 0 Å². The van der Waals surface area contributed by atoms with E-state index < -0.39 is 0 Å². The Balaban J connectivity index is 0.00000156. The van der Waals surface area contributed by atoms with Crippen LogP contribution < -0.4 is 0 Å². The number of benzene rings is 2. The van der Waals surface area contributed by atoms with Crippen LogP contribution in [0.1, 0.15) is 40.2 Å². The molecule has 1 nitrogen and oxygen atoms in total. The molecule has 1 heterocycles. The van der Waals surface area contributed by atoms with Crippen LogP contribution in [0, 0.1) is 13.8 Å². The number of rotatable bonds is 1. The topological polar surface area (TPSA) is 3.24 Å². The molecule has 0 spiro atoms. The van der Waals surface area contributed by atoms with Gasteiger partial charge in [0.05, 0.1) is 0 Å². The minimum atomic E-state index is 0.